The lowest BCUT2D eigenvalue weighted by Gasteiger charge is -2.27. The molecular weight excluding hydrogens is 446 g/mol. The van der Waals surface area contributed by atoms with Crippen LogP contribution in [0.1, 0.15) is 37.9 Å². The molecule has 3 atom stereocenters. The zero-order valence-corrected chi connectivity index (χ0v) is 19.1. The Morgan fingerprint density at radius 2 is 1.49 bits per heavy atom. The number of nitrogens with zero attached hydrogens (tertiary/aromatic N) is 1. The van der Waals surface area contributed by atoms with Crippen molar-refractivity contribution in [2.24, 2.45) is 11.8 Å². The summed E-state index contributed by atoms with van der Waals surface area (Å²) in [5, 5.41) is 0. The number of hydrogen-bond acceptors (Lipinski definition) is 6. The Hall–Kier alpha value is -4.10. The van der Waals surface area contributed by atoms with Crippen LogP contribution in [0.25, 0.3) is 0 Å². The average molecular weight is 467 g/mol. The molecule has 2 saturated heterocycles. The lowest BCUT2D eigenvalue weighted by Crippen LogP contribution is -2.51. The molecule has 1 spiro atoms. The summed E-state index contributed by atoms with van der Waals surface area (Å²) < 4.78 is 11.7. The second-order valence-corrected chi connectivity index (χ2v) is 9.08. The molecule has 7 nitrogen and oxygen atoms in total. The minimum absolute atomic E-state index is 0.206. The summed E-state index contributed by atoms with van der Waals surface area (Å²) in [7, 11) is 1.45. The minimum Gasteiger partial charge on any atom is -0.495 e. The first-order valence-electron chi connectivity index (χ1n) is 11.3. The van der Waals surface area contributed by atoms with E-state index in [1.807, 2.05) is 25.1 Å². The number of para-hydroxylation sites is 2. The van der Waals surface area contributed by atoms with Crippen LogP contribution in [0.4, 0.5) is 5.69 Å². The van der Waals surface area contributed by atoms with Crippen molar-refractivity contribution in [2.75, 3.05) is 12.0 Å². The predicted octanol–water partition coefficient (Wildman–Crippen LogP) is 3.70. The number of anilines is 1. The minimum atomic E-state index is -2.09. The first kappa shape index (κ1) is 21.4. The van der Waals surface area contributed by atoms with Gasteiger partial charge in [-0.3, -0.25) is 19.2 Å². The van der Waals surface area contributed by atoms with Crippen LogP contribution < -0.4 is 9.64 Å². The van der Waals surface area contributed by atoms with E-state index in [1.54, 1.807) is 54.6 Å². The van der Waals surface area contributed by atoms with Crippen molar-refractivity contribution in [3.8, 4) is 5.75 Å². The molecule has 3 aliphatic rings. The van der Waals surface area contributed by atoms with Crippen LogP contribution in [0.2, 0.25) is 0 Å². The maximum Gasteiger partial charge on any atom is 0.241 e. The molecular formula is C28H21NO6. The summed E-state index contributed by atoms with van der Waals surface area (Å²) in [6.45, 7) is 1.90. The van der Waals surface area contributed by atoms with E-state index < -0.39 is 46.9 Å². The van der Waals surface area contributed by atoms with E-state index in [2.05, 4.69) is 0 Å². The van der Waals surface area contributed by atoms with Crippen LogP contribution in [-0.2, 0) is 14.3 Å². The standard InChI is InChI=1S/C28H21NO6/c1-15-8-7-9-16(14-15)23-21-22(27(33)29(26(21)32)19-12-5-6-13-20(19)34-2)28(35-23)24(30)17-10-3-4-11-18(17)25(28)31/h3-14,21-23H,1-2H3/t21-,22+,23+/m1/s1. The average Bonchev–Trinajstić information content (AvgIpc) is 3.44. The lowest BCUT2D eigenvalue weighted by molar-refractivity contribution is -0.127. The van der Waals surface area contributed by atoms with Crippen molar-refractivity contribution in [3.63, 3.8) is 0 Å². The predicted molar refractivity (Wildman–Crippen MR) is 125 cm³/mol. The number of Topliss-reactive ketones (excluding diaryl/α,β-unsaturated/α-hetero) is 2. The molecule has 0 N–H and O–H groups in total. The molecule has 2 fully saturated rings. The molecule has 3 aromatic carbocycles. The van der Waals surface area contributed by atoms with E-state index in [0.29, 0.717) is 11.3 Å². The molecule has 0 radical (unpaired) electrons. The van der Waals surface area contributed by atoms with E-state index >= 15 is 0 Å². The van der Waals surface area contributed by atoms with Gasteiger partial charge in [-0.2, -0.15) is 0 Å². The van der Waals surface area contributed by atoms with E-state index in [1.165, 1.54) is 7.11 Å². The quantitative estimate of drug-likeness (QED) is 0.431. The molecule has 0 saturated carbocycles. The molecule has 2 amide bonds. The number of carbonyl (C=O) groups is 4. The molecule has 0 unspecified atom stereocenters. The van der Waals surface area contributed by atoms with Crippen molar-refractivity contribution < 1.29 is 28.7 Å². The second-order valence-electron chi connectivity index (χ2n) is 9.08. The number of hydrogen-bond donors (Lipinski definition) is 0. The van der Waals surface area contributed by atoms with Crippen LogP contribution >= 0.6 is 0 Å². The van der Waals surface area contributed by atoms with Gasteiger partial charge in [-0.15, -0.1) is 0 Å². The third-order valence-electron chi connectivity index (χ3n) is 7.22. The van der Waals surface area contributed by atoms with Gasteiger partial charge < -0.3 is 9.47 Å². The number of benzene rings is 3. The number of ether oxygens (including phenoxy) is 2. The normalized spacial score (nSPS) is 24.3. The maximum atomic E-state index is 14.0. The summed E-state index contributed by atoms with van der Waals surface area (Å²) in [4.78, 5) is 56.5. The zero-order chi connectivity index (χ0) is 24.5. The topological polar surface area (TPSA) is 90.0 Å². The number of carbonyl (C=O) groups excluding carboxylic acids is 4. The Morgan fingerprint density at radius 3 is 2.14 bits per heavy atom. The largest absolute Gasteiger partial charge is 0.495 e. The van der Waals surface area contributed by atoms with E-state index in [9.17, 15) is 19.2 Å². The van der Waals surface area contributed by atoms with Crippen molar-refractivity contribution in [1.29, 1.82) is 0 Å². The maximum absolute atomic E-state index is 14.0. The Balaban J connectivity index is 1.56. The van der Waals surface area contributed by atoms with Gasteiger partial charge >= 0.3 is 0 Å². The number of amides is 2. The smallest absolute Gasteiger partial charge is 0.241 e. The molecule has 0 bridgehead atoms. The van der Waals surface area contributed by atoms with Crippen LogP contribution in [0.3, 0.4) is 0 Å². The molecule has 2 aliphatic heterocycles. The summed E-state index contributed by atoms with van der Waals surface area (Å²) >= 11 is 0. The second kappa shape index (κ2) is 7.45. The highest BCUT2D eigenvalue weighted by atomic mass is 16.5. The lowest BCUT2D eigenvalue weighted by atomic mass is 9.77. The van der Waals surface area contributed by atoms with Gasteiger partial charge in [0.25, 0.3) is 0 Å². The fourth-order valence-electron chi connectivity index (χ4n) is 5.72. The van der Waals surface area contributed by atoms with Gasteiger partial charge in [0, 0.05) is 11.1 Å². The van der Waals surface area contributed by atoms with Crippen LogP contribution in [0.5, 0.6) is 5.75 Å². The fraction of sp³-hybridized carbons (Fsp3) is 0.214. The number of fused-ring (bicyclic) bond motifs is 3. The Bertz CT molecular complexity index is 1410. The van der Waals surface area contributed by atoms with Gasteiger partial charge in [-0.1, -0.05) is 66.2 Å². The zero-order valence-electron chi connectivity index (χ0n) is 19.1. The van der Waals surface area contributed by atoms with Crippen molar-refractivity contribution in [2.45, 2.75) is 18.6 Å². The molecule has 7 heteroatoms. The van der Waals surface area contributed by atoms with Gasteiger partial charge in [0.1, 0.15) is 5.75 Å². The third kappa shape index (κ3) is 2.70. The fourth-order valence-corrected chi connectivity index (χ4v) is 5.72. The number of imide groups is 1. The third-order valence-corrected chi connectivity index (χ3v) is 7.22. The van der Waals surface area contributed by atoms with E-state index in [4.69, 9.17) is 9.47 Å². The van der Waals surface area contributed by atoms with E-state index in [-0.39, 0.29) is 16.8 Å². The Labute approximate surface area is 201 Å². The highest BCUT2D eigenvalue weighted by Crippen LogP contribution is 2.58. The number of aryl methyl sites for hydroxylation is 1. The highest BCUT2D eigenvalue weighted by Gasteiger charge is 2.74. The molecule has 3 aromatic rings. The SMILES string of the molecule is COc1ccccc1N1C(=O)[C@@H]2[C@@H](C1=O)C1(O[C@H]2c2cccc(C)c2)C(=O)c2ccccc2C1=O. The Kier molecular flexibility index (Phi) is 4.56. The van der Waals surface area contributed by atoms with Gasteiger partial charge in [0.15, 0.2) is 0 Å². The highest BCUT2D eigenvalue weighted by molar-refractivity contribution is 6.37. The van der Waals surface area contributed by atoms with Crippen LogP contribution in [-0.4, -0.2) is 36.1 Å². The van der Waals surface area contributed by atoms with Gasteiger partial charge in [-0.05, 0) is 24.6 Å². The van der Waals surface area contributed by atoms with Crippen molar-refractivity contribution in [1.82, 2.24) is 0 Å². The summed E-state index contributed by atoms with van der Waals surface area (Å²) in [6, 6.07) is 20.5. The van der Waals surface area contributed by atoms with Crippen LogP contribution in [0.15, 0.2) is 72.8 Å². The molecule has 2 heterocycles. The monoisotopic (exact) mass is 467 g/mol. The molecule has 1 aliphatic carbocycles. The Morgan fingerprint density at radius 1 is 0.829 bits per heavy atom. The summed E-state index contributed by atoms with van der Waals surface area (Å²) in [5.74, 6) is -4.32. The number of rotatable bonds is 3. The summed E-state index contributed by atoms with van der Waals surface area (Å²) in [6.07, 6.45) is -0.946. The summed E-state index contributed by atoms with van der Waals surface area (Å²) in [5.41, 5.74) is 0.153. The molecule has 0 aromatic heterocycles. The number of ketones is 2. The first-order valence-corrected chi connectivity index (χ1v) is 11.3. The number of methoxy groups -OCH3 is 1. The van der Waals surface area contributed by atoms with Crippen LogP contribution in [0, 0.1) is 18.8 Å². The van der Waals surface area contributed by atoms with Crippen molar-refractivity contribution >= 4 is 29.1 Å². The van der Waals surface area contributed by atoms with Gasteiger partial charge in [0.2, 0.25) is 29.0 Å². The van der Waals surface area contributed by atoms with Crippen molar-refractivity contribution in [3.05, 3.63) is 95.1 Å². The molecule has 6 rings (SSSR count). The van der Waals surface area contributed by atoms with Gasteiger partial charge in [0.05, 0.1) is 30.7 Å². The molecule has 35 heavy (non-hydrogen) atoms. The first-order chi connectivity index (χ1) is 16.9. The van der Waals surface area contributed by atoms with Gasteiger partial charge in [-0.25, -0.2) is 4.90 Å². The van der Waals surface area contributed by atoms with E-state index in [0.717, 1.165) is 10.5 Å². The molecule has 174 valence electrons.